The number of pyridine rings is 1. The molecule has 1 aliphatic rings. The van der Waals surface area contributed by atoms with Gasteiger partial charge >= 0.3 is 0 Å². The Kier molecular flexibility index (Phi) is 3.34. The summed E-state index contributed by atoms with van der Waals surface area (Å²) in [7, 11) is 0. The van der Waals surface area contributed by atoms with Crippen molar-refractivity contribution in [3.63, 3.8) is 0 Å². The van der Waals surface area contributed by atoms with E-state index in [1.165, 1.54) is 11.1 Å². The lowest BCUT2D eigenvalue weighted by Crippen LogP contribution is -1.96. The third-order valence-corrected chi connectivity index (χ3v) is 3.69. The maximum absolute atomic E-state index is 4.74. The monoisotopic (exact) mass is 277 g/mol. The first-order valence-corrected chi connectivity index (χ1v) is 7.11. The highest BCUT2D eigenvalue weighted by Gasteiger charge is 2.19. The van der Waals surface area contributed by atoms with E-state index in [1.807, 2.05) is 31.5 Å². The predicted molar refractivity (Wildman–Crippen MR) is 87.4 cm³/mol. The molecule has 2 aromatic heterocycles. The molecule has 2 aromatic rings. The number of aliphatic imine (C=N–C) groups is 1. The topological polar surface area (TPSA) is 41.0 Å². The molecule has 0 radical (unpaired) electrons. The van der Waals surface area contributed by atoms with Crippen molar-refractivity contribution in [2.24, 2.45) is 4.99 Å². The lowest BCUT2D eigenvalue weighted by molar-refractivity contribution is 1.20. The minimum Gasteiger partial charge on any atom is -0.358 e. The zero-order valence-corrected chi connectivity index (χ0v) is 12.9. The van der Waals surface area contributed by atoms with Crippen molar-refractivity contribution in [2.45, 2.75) is 27.7 Å². The zero-order chi connectivity index (χ0) is 15.0. The van der Waals surface area contributed by atoms with Crippen LogP contribution in [0.25, 0.3) is 5.57 Å². The molecule has 3 heterocycles. The Labute approximate surface area is 125 Å². The summed E-state index contributed by atoms with van der Waals surface area (Å²) in [4.78, 5) is 12.3. The first-order valence-electron chi connectivity index (χ1n) is 7.11. The van der Waals surface area contributed by atoms with Gasteiger partial charge < -0.3 is 4.98 Å². The lowest BCUT2D eigenvalue weighted by atomic mass is 9.97. The molecule has 0 fully saturated rings. The molecule has 3 nitrogen and oxygen atoms in total. The van der Waals surface area contributed by atoms with E-state index in [-0.39, 0.29) is 0 Å². The van der Waals surface area contributed by atoms with Crippen LogP contribution in [0.3, 0.4) is 0 Å². The van der Waals surface area contributed by atoms with Crippen LogP contribution in [0.2, 0.25) is 0 Å². The van der Waals surface area contributed by atoms with Crippen LogP contribution < -0.4 is 0 Å². The van der Waals surface area contributed by atoms with Crippen molar-refractivity contribution in [2.75, 3.05) is 0 Å². The first-order chi connectivity index (χ1) is 10.1. The molecule has 0 aliphatic carbocycles. The van der Waals surface area contributed by atoms with Gasteiger partial charge in [0, 0.05) is 29.4 Å². The molecule has 106 valence electrons. The molecule has 0 atom stereocenters. The third kappa shape index (κ3) is 2.47. The maximum Gasteiger partial charge on any atom is 0.0762 e. The fourth-order valence-corrected chi connectivity index (χ4v) is 2.84. The van der Waals surface area contributed by atoms with E-state index in [9.17, 15) is 0 Å². The van der Waals surface area contributed by atoms with Crippen LogP contribution in [0.5, 0.6) is 0 Å². The average molecular weight is 277 g/mol. The standard InChI is InChI=1S/C18H19N3/c1-11-9-13(3)20-17(11)16(15-5-7-19-8-6-15)18-12(2)10-14(4)21-18/h5-10,20H,1-4H3. The third-order valence-electron chi connectivity index (χ3n) is 3.69. The number of hydrogen-bond donors (Lipinski definition) is 1. The van der Waals surface area contributed by atoms with E-state index in [2.05, 4.69) is 42.9 Å². The molecular weight excluding hydrogens is 258 g/mol. The highest BCUT2D eigenvalue weighted by molar-refractivity contribution is 6.00. The van der Waals surface area contributed by atoms with Crippen LogP contribution in [-0.2, 0) is 0 Å². The quantitative estimate of drug-likeness (QED) is 0.877. The Balaban J connectivity index is 2.30. The maximum atomic E-state index is 4.74. The van der Waals surface area contributed by atoms with Crippen molar-refractivity contribution in [1.29, 1.82) is 0 Å². The number of aromatic nitrogens is 2. The van der Waals surface area contributed by atoms with E-state index in [0.717, 1.165) is 33.9 Å². The molecule has 0 unspecified atom stereocenters. The summed E-state index contributed by atoms with van der Waals surface area (Å²) in [5.74, 6) is 0. The van der Waals surface area contributed by atoms with Crippen LogP contribution in [0.4, 0.5) is 0 Å². The van der Waals surface area contributed by atoms with Gasteiger partial charge in [-0.2, -0.15) is 0 Å². The second-order valence-electron chi connectivity index (χ2n) is 5.55. The number of aryl methyl sites for hydroxylation is 2. The van der Waals surface area contributed by atoms with E-state index in [4.69, 9.17) is 4.99 Å². The summed E-state index contributed by atoms with van der Waals surface area (Å²) >= 11 is 0. The van der Waals surface area contributed by atoms with Gasteiger partial charge in [-0.3, -0.25) is 9.98 Å². The van der Waals surface area contributed by atoms with Gasteiger partial charge in [-0.1, -0.05) is 0 Å². The van der Waals surface area contributed by atoms with Crippen LogP contribution >= 0.6 is 0 Å². The highest BCUT2D eigenvalue weighted by Crippen LogP contribution is 2.34. The first kappa shape index (κ1) is 13.6. The largest absolute Gasteiger partial charge is 0.358 e. The average Bonchev–Trinajstić information content (AvgIpc) is 2.94. The van der Waals surface area contributed by atoms with Crippen molar-refractivity contribution in [3.05, 3.63) is 70.5 Å². The van der Waals surface area contributed by atoms with Crippen molar-refractivity contribution >= 4 is 11.3 Å². The molecule has 3 heteroatoms. The predicted octanol–water partition coefficient (Wildman–Crippen LogP) is 4.21. The molecule has 0 aromatic carbocycles. The van der Waals surface area contributed by atoms with Crippen LogP contribution in [0, 0.1) is 13.8 Å². The van der Waals surface area contributed by atoms with E-state index in [0.29, 0.717) is 0 Å². The highest BCUT2D eigenvalue weighted by atomic mass is 14.8. The van der Waals surface area contributed by atoms with Crippen molar-refractivity contribution in [1.82, 2.24) is 9.97 Å². The van der Waals surface area contributed by atoms with Crippen LogP contribution in [-0.4, -0.2) is 15.7 Å². The van der Waals surface area contributed by atoms with Gasteiger partial charge in [0.15, 0.2) is 0 Å². The molecule has 21 heavy (non-hydrogen) atoms. The van der Waals surface area contributed by atoms with Crippen LogP contribution in [0.15, 0.2) is 52.9 Å². The summed E-state index contributed by atoms with van der Waals surface area (Å²) in [5.41, 5.74) is 9.11. The molecule has 3 rings (SSSR count). The van der Waals surface area contributed by atoms with Gasteiger partial charge in [-0.15, -0.1) is 0 Å². The van der Waals surface area contributed by atoms with Gasteiger partial charge in [0.05, 0.1) is 11.4 Å². The molecule has 1 N–H and O–H groups in total. The second-order valence-corrected chi connectivity index (χ2v) is 5.55. The van der Waals surface area contributed by atoms with Gasteiger partial charge in [0.2, 0.25) is 0 Å². The number of H-pyrrole nitrogens is 1. The fraction of sp³-hybridized carbons (Fsp3) is 0.222. The van der Waals surface area contributed by atoms with Crippen molar-refractivity contribution in [3.8, 4) is 0 Å². The van der Waals surface area contributed by atoms with Crippen molar-refractivity contribution < 1.29 is 0 Å². The Bertz CT molecular complexity index is 774. The minimum atomic E-state index is 1.05. The number of allylic oxidation sites excluding steroid dienone is 2. The Hall–Kier alpha value is -2.42. The van der Waals surface area contributed by atoms with E-state index in [1.54, 1.807) is 0 Å². The summed E-state index contributed by atoms with van der Waals surface area (Å²) in [6.45, 7) is 8.36. The number of aromatic amines is 1. The number of rotatable bonds is 2. The molecule has 0 spiro atoms. The SMILES string of the molecule is CC1=CC(C)=NC1=C(c1ccncc1)c1[nH]c(C)cc1C. The van der Waals surface area contributed by atoms with E-state index >= 15 is 0 Å². The molecule has 0 saturated heterocycles. The lowest BCUT2D eigenvalue weighted by Gasteiger charge is -2.11. The summed E-state index contributed by atoms with van der Waals surface area (Å²) < 4.78 is 0. The van der Waals surface area contributed by atoms with E-state index < -0.39 is 0 Å². The second kappa shape index (κ2) is 5.17. The van der Waals surface area contributed by atoms with Gasteiger partial charge in [0.1, 0.15) is 0 Å². The Morgan fingerprint density at radius 1 is 1.05 bits per heavy atom. The fourth-order valence-electron chi connectivity index (χ4n) is 2.84. The molecule has 0 amide bonds. The minimum absolute atomic E-state index is 1.05. The van der Waals surface area contributed by atoms with Gasteiger partial charge in [0.25, 0.3) is 0 Å². The van der Waals surface area contributed by atoms with Crippen LogP contribution in [0.1, 0.15) is 36.4 Å². The molecule has 0 saturated carbocycles. The summed E-state index contributed by atoms with van der Waals surface area (Å²) in [6, 6.07) is 6.24. The number of nitrogens with one attached hydrogen (secondary N) is 1. The molecular formula is C18H19N3. The zero-order valence-electron chi connectivity index (χ0n) is 12.9. The molecule has 1 aliphatic heterocycles. The Morgan fingerprint density at radius 2 is 1.76 bits per heavy atom. The number of nitrogens with zero attached hydrogens (tertiary/aromatic N) is 2. The number of hydrogen-bond acceptors (Lipinski definition) is 2. The summed E-state index contributed by atoms with van der Waals surface area (Å²) in [6.07, 6.45) is 5.78. The van der Waals surface area contributed by atoms with Gasteiger partial charge in [-0.05, 0) is 68.7 Å². The summed E-state index contributed by atoms with van der Waals surface area (Å²) in [5, 5.41) is 0. The molecule has 0 bridgehead atoms. The normalized spacial score (nSPS) is 16.8. The Morgan fingerprint density at radius 3 is 2.29 bits per heavy atom. The van der Waals surface area contributed by atoms with Gasteiger partial charge in [-0.25, -0.2) is 0 Å². The smallest absolute Gasteiger partial charge is 0.0762 e.